The summed E-state index contributed by atoms with van der Waals surface area (Å²) in [5.41, 5.74) is -0.997. The van der Waals surface area contributed by atoms with Gasteiger partial charge in [0.25, 0.3) is 0 Å². The van der Waals surface area contributed by atoms with E-state index in [4.69, 9.17) is 0 Å². The van der Waals surface area contributed by atoms with Crippen molar-refractivity contribution in [2.75, 3.05) is 24.0 Å². The number of sulfone groups is 1. The highest BCUT2D eigenvalue weighted by Crippen LogP contribution is 2.28. The van der Waals surface area contributed by atoms with E-state index in [0.29, 0.717) is 0 Å². The summed E-state index contributed by atoms with van der Waals surface area (Å²) in [7, 11) is -1.69. The number of hydrogen-bond acceptors (Lipinski definition) is 4. The molecule has 1 atom stereocenters. The van der Waals surface area contributed by atoms with Gasteiger partial charge in [-0.25, -0.2) is 13.4 Å². The van der Waals surface area contributed by atoms with Crippen LogP contribution in [-0.4, -0.2) is 38.5 Å². The van der Waals surface area contributed by atoms with E-state index in [1.165, 1.54) is 24.1 Å². The van der Waals surface area contributed by atoms with Gasteiger partial charge in [0.2, 0.25) is 0 Å². The van der Waals surface area contributed by atoms with Crippen molar-refractivity contribution in [1.82, 2.24) is 4.98 Å². The molecule has 0 amide bonds. The minimum absolute atomic E-state index is 0.0889. The Hall–Kier alpha value is -1.31. The molecule has 19 heavy (non-hydrogen) atoms. The molecule has 0 aromatic carbocycles. The number of pyridine rings is 1. The minimum atomic E-state index is -4.52. The van der Waals surface area contributed by atoms with Gasteiger partial charge in [0, 0.05) is 19.3 Å². The summed E-state index contributed by atoms with van der Waals surface area (Å²) in [6, 6.07) is 3.06. The van der Waals surface area contributed by atoms with Crippen LogP contribution in [0.2, 0.25) is 0 Å². The molecule has 0 aliphatic carbocycles. The average Bonchev–Trinajstić information content (AvgIpc) is 2.24. The smallest absolute Gasteiger partial charge is 0.356 e. The Kier molecular flexibility index (Phi) is 4.44. The lowest BCUT2D eigenvalue weighted by Crippen LogP contribution is -2.35. The zero-order chi connectivity index (χ0) is 14.8. The summed E-state index contributed by atoms with van der Waals surface area (Å²) in [6.45, 7) is 1.61. The van der Waals surface area contributed by atoms with E-state index in [2.05, 4.69) is 4.98 Å². The van der Waals surface area contributed by atoms with Crippen molar-refractivity contribution in [3.05, 3.63) is 23.9 Å². The molecule has 0 saturated carbocycles. The Labute approximate surface area is 110 Å². The van der Waals surface area contributed by atoms with Gasteiger partial charge in [0.15, 0.2) is 0 Å². The van der Waals surface area contributed by atoms with Gasteiger partial charge in [-0.2, -0.15) is 13.2 Å². The van der Waals surface area contributed by atoms with Gasteiger partial charge in [-0.15, -0.1) is 0 Å². The summed E-state index contributed by atoms with van der Waals surface area (Å²) < 4.78 is 59.9. The lowest BCUT2D eigenvalue weighted by Gasteiger charge is -2.25. The van der Waals surface area contributed by atoms with E-state index in [9.17, 15) is 21.6 Å². The van der Waals surface area contributed by atoms with Crippen molar-refractivity contribution in [1.29, 1.82) is 0 Å². The first-order valence-electron chi connectivity index (χ1n) is 5.45. The van der Waals surface area contributed by atoms with Crippen molar-refractivity contribution in [3.63, 3.8) is 0 Å². The lowest BCUT2D eigenvalue weighted by atomic mass is 10.3. The number of rotatable bonds is 4. The Morgan fingerprint density at radius 1 is 1.37 bits per heavy atom. The first kappa shape index (κ1) is 15.7. The molecule has 0 N–H and O–H groups in total. The van der Waals surface area contributed by atoms with Gasteiger partial charge < -0.3 is 4.90 Å². The second-order valence-electron chi connectivity index (χ2n) is 4.43. The maximum Gasteiger partial charge on any atom is 0.433 e. The maximum atomic E-state index is 12.5. The molecule has 0 radical (unpaired) electrons. The van der Waals surface area contributed by atoms with Gasteiger partial charge in [-0.05, 0) is 19.1 Å². The Bertz CT molecular complexity index is 543. The van der Waals surface area contributed by atoms with E-state index in [1.54, 1.807) is 6.92 Å². The number of hydrogen-bond donors (Lipinski definition) is 0. The Morgan fingerprint density at radius 2 is 1.95 bits per heavy atom. The van der Waals surface area contributed by atoms with Gasteiger partial charge in [0.1, 0.15) is 21.3 Å². The largest absolute Gasteiger partial charge is 0.433 e. The van der Waals surface area contributed by atoms with E-state index in [0.717, 1.165) is 12.3 Å². The predicted octanol–water partition coefficient (Wildman–Crippen LogP) is 1.97. The molecule has 0 aliphatic heterocycles. The van der Waals surface area contributed by atoms with Gasteiger partial charge in [-0.3, -0.25) is 0 Å². The molecule has 0 bridgehead atoms. The highest BCUT2D eigenvalue weighted by molar-refractivity contribution is 7.90. The SMILES string of the molecule is C[C@H](CS(C)(=O)=O)N(C)c1cccc(C(F)(F)F)n1. The van der Waals surface area contributed by atoms with Crippen molar-refractivity contribution < 1.29 is 21.6 Å². The fourth-order valence-electron chi connectivity index (χ4n) is 1.55. The van der Waals surface area contributed by atoms with E-state index >= 15 is 0 Å². The van der Waals surface area contributed by atoms with E-state index < -0.39 is 27.7 Å². The number of anilines is 1. The van der Waals surface area contributed by atoms with Crippen LogP contribution in [0.15, 0.2) is 18.2 Å². The molecule has 0 saturated heterocycles. The highest BCUT2D eigenvalue weighted by atomic mass is 32.2. The third-order valence-electron chi connectivity index (χ3n) is 2.59. The average molecular weight is 296 g/mol. The minimum Gasteiger partial charge on any atom is -0.356 e. The normalized spacial score (nSPS) is 14.2. The van der Waals surface area contributed by atoms with E-state index in [1.807, 2.05) is 0 Å². The number of nitrogens with zero attached hydrogens (tertiary/aromatic N) is 2. The second kappa shape index (κ2) is 5.36. The first-order valence-corrected chi connectivity index (χ1v) is 7.51. The standard InChI is InChI=1S/C11H15F3N2O2S/c1-8(7-19(3,17)18)16(2)10-6-4-5-9(15-10)11(12,13)14/h4-6,8H,7H2,1-3H3/t8-/m1/s1. The molecule has 0 spiro atoms. The van der Waals surface area contributed by atoms with Gasteiger partial charge >= 0.3 is 6.18 Å². The fraction of sp³-hybridized carbons (Fsp3) is 0.545. The quantitative estimate of drug-likeness (QED) is 0.852. The van der Waals surface area contributed by atoms with Crippen molar-refractivity contribution in [2.24, 2.45) is 0 Å². The van der Waals surface area contributed by atoms with Crippen LogP contribution >= 0.6 is 0 Å². The molecule has 1 rings (SSSR count). The molecule has 0 unspecified atom stereocenters. The highest BCUT2D eigenvalue weighted by Gasteiger charge is 2.33. The van der Waals surface area contributed by atoms with Crippen LogP contribution in [0.4, 0.5) is 19.0 Å². The van der Waals surface area contributed by atoms with Gasteiger partial charge in [-0.1, -0.05) is 6.07 Å². The molecule has 0 fully saturated rings. The summed E-state index contributed by atoms with van der Waals surface area (Å²) in [5.74, 6) is -0.0625. The third kappa shape index (κ3) is 4.70. The van der Waals surface area contributed by atoms with Crippen LogP contribution in [0.5, 0.6) is 0 Å². The molecule has 8 heteroatoms. The molecule has 1 heterocycles. The maximum absolute atomic E-state index is 12.5. The second-order valence-corrected chi connectivity index (χ2v) is 6.62. The van der Waals surface area contributed by atoms with Crippen LogP contribution in [0, 0.1) is 0 Å². The van der Waals surface area contributed by atoms with Crippen LogP contribution in [0.25, 0.3) is 0 Å². The fourth-order valence-corrected chi connectivity index (χ4v) is 2.65. The summed E-state index contributed by atoms with van der Waals surface area (Å²) >= 11 is 0. The van der Waals surface area contributed by atoms with Crippen molar-refractivity contribution in [3.8, 4) is 0 Å². The molecule has 1 aromatic rings. The van der Waals surface area contributed by atoms with Crippen molar-refractivity contribution >= 4 is 15.7 Å². The zero-order valence-electron chi connectivity index (χ0n) is 10.8. The zero-order valence-corrected chi connectivity index (χ0v) is 11.6. The molecule has 1 aromatic heterocycles. The number of aromatic nitrogens is 1. The molecular weight excluding hydrogens is 281 g/mol. The van der Waals surface area contributed by atoms with Crippen LogP contribution in [-0.2, 0) is 16.0 Å². The first-order chi connectivity index (χ1) is 8.50. The van der Waals surface area contributed by atoms with Crippen LogP contribution in [0.3, 0.4) is 0 Å². The summed E-state index contributed by atoms with van der Waals surface area (Å²) in [6.07, 6.45) is -3.44. The van der Waals surface area contributed by atoms with Crippen LogP contribution < -0.4 is 4.90 Å². The Balaban J connectivity index is 2.97. The summed E-state index contributed by atoms with van der Waals surface area (Å²) in [5, 5.41) is 0. The molecule has 4 nitrogen and oxygen atoms in total. The van der Waals surface area contributed by atoms with Crippen molar-refractivity contribution in [2.45, 2.75) is 19.1 Å². The molecule has 108 valence electrons. The number of halogens is 3. The lowest BCUT2D eigenvalue weighted by molar-refractivity contribution is -0.141. The number of alkyl halides is 3. The predicted molar refractivity (Wildman–Crippen MR) is 66.8 cm³/mol. The van der Waals surface area contributed by atoms with Crippen LogP contribution in [0.1, 0.15) is 12.6 Å². The third-order valence-corrected chi connectivity index (χ3v) is 3.68. The topological polar surface area (TPSA) is 50.3 Å². The van der Waals surface area contributed by atoms with E-state index in [-0.39, 0.29) is 11.6 Å². The summed E-state index contributed by atoms with van der Waals surface area (Å²) in [4.78, 5) is 4.91. The molecule has 0 aliphatic rings. The Morgan fingerprint density at radius 3 is 2.42 bits per heavy atom. The molecular formula is C11H15F3N2O2S. The monoisotopic (exact) mass is 296 g/mol. The van der Waals surface area contributed by atoms with Gasteiger partial charge in [0.05, 0.1) is 5.75 Å².